The SMILES string of the molecule is Brc1cc(C=Nc2cccc3ccccc23)oc1I. The van der Waals surface area contributed by atoms with Crippen molar-refractivity contribution in [2.45, 2.75) is 0 Å². The van der Waals surface area contributed by atoms with Gasteiger partial charge in [-0.25, -0.2) is 0 Å². The molecule has 0 spiro atoms. The summed E-state index contributed by atoms with van der Waals surface area (Å²) in [6, 6.07) is 16.2. The summed E-state index contributed by atoms with van der Waals surface area (Å²) in [6.07, 6.45) is 1.74. The Kier molecular flexibility index (Phi) is 3.70. The topological polar surface area (TPSA) is 25.5 Å². The van der Waals surface area contributed by atoms with Crippen LogP contribution in [0.2, 0.25) is 0 Å². The molecule has 19 heavy (non-hydrogen) atoms. The second-order valence-electron chi connectivity index (χ2n) is 4.03. The first-order chi connectivity index (χ1) is 9.24. The summed E-state index contributed by atoms with van der Waals surface area (Å²) in [4.78, 5) is 4.52. The molecule has 0 aliphatic rings. The van der Waals surface area contributed by atoms with Crippen LogP contribution in [-0.4, -0.2) is 6.21 Å². The Bertz CT molecular complexity index is 739. The van der Waals surface area contributed by atoms with E-state index in [4.69, 9.17) is 4.42 Å². The summed E-state index contributed by atoms with van der Waals surface area (Å²) < 4.78 is 7.32. The molecule has 0 N–H and O–H groups in total. The molecule has 0 radical (unpaired) electrons. The summed E-state index contributed by atoms with van der Waals surface area (Å²) in [6.45, 7) is 0. The molecule has 2 nitrogen and oxygen atoms in total. The van der Waals surface area contributed by atoms with Crippen molar-refractivity contribution >= 4 is 61.2 Å². The van der Waals surface area contributed by atoms with E-state index in [-0.39, 0.29) is 0 Å². The number of benzene rings is 2. The third-order valence-electron chi connectivity index (χ3n) is 2.76. The van der Waals surface area contributed by atoms with Gasteiger partial charge in [-0.1, -0.05) is 36.4 Å². The average Bonchev–Trinajstić information content (AvgIpc) is 2.75. The molecule has 0 bridgehead atoms. The Labute approximate surface area is 132 Å². The van der Waals surface area contributed by atoms with E-state index in [1.54, 1.807) is 6.21 Å². The lowest BCUT2D eigenvalue weighted by atomic mass is 10.1. The van der Waals surface area contributed by atoms with Crippen molar-refractivity contribution < 1.29 is 4.42 Å². The molecule has 0 fully saturated rings. The van der Waals surface area contributed by atoms with Crippen molar-refractivity contribution in [3.05, 3.63) is 62.5 Å². The molecule has 0 saturated heterocycles. The van der Waals surface area contributed by atoms with E-state index in [2.05, 4.69) is 61.7 Å². The summed E-state index contributed by atoms with van der Waals surface area (Å²) in [5.41, 5.74) is 0.945. The Morgan fingerprint density at radius 2 is 1.89 bits per heavy atom. The van der Waals surface area contributed by atoms with Crippen LogP contribution in [0.1, 0.15) is 5.76 Å². The molecule has 3 rings (SSSR count). The fourth-order valence-corrected chi connectivity index (χ4v) is 2.60. The summed E-state index contributed by atoms with van der Waals surface area (Å²) in [5.74, 6) is 0.740. The van der Waals surface area contributed by atoms with E-state index in [0.29, 0.717) is 0 Å². The normalized spacial score (nSPS) is 11.5. The van der Waals surface area contributed by atoms with Gasteiger partial charge in [0, 0.05) is 34.0 Å². The lowest BCUT2D eigenvalue weighted by Crippen LogP contribution is -1.76. The van der Waals surface area contributed by atoms with Crippen LogP contribution in [0, 0.1) is 3.77 Å². The quantitative estimate of drug-likeness (QED) is 0.390. The predicted octanol–water partition coefficient (Wildman–Crippen LogP) is 5.55. The molecular weight excluding hydrogens is 417 g/mol. The van der Waals surface area contributed by atoms with Crippen molar-refractivity contribution in [3.63, 3.8) is 0 Å². The van der Waals surface area contributed by atoms with E-state index in [1.165, 1.54) is 5.39 Å². The van der Waals surface area contributed by atoms with Gasteiger partial charge >= 0.3 is 0 Å². The molecule has 0 amide bonds. The highest BCUT2D eigenvalue weighted by Crippen LogP contribution is 2.26. The second-order valence-corrected chi connectivity index (χ2v) is 5.86. The highest BCUT2D eigenvalue weighted by Gasteiger charge is 2.04. The van der Waals surface area contributed by atoms with Gasteiger partial charge in [-0.2, -0.15) is 0 Å². The van der Waals surface area contributed by atoms with Crippen molar-refractivity contribution in [2.75, 3.05) is 0 Å². The fraction of sp³-hybridized carbons (Fsp3) is 0. The molecule has 0 unspecified atom stereocenters. The number of nitrogens with zero attached hydrogens (tertiary/aromatic N) is 1. The zero-order valence-electron chi connectivity index (χ0n) is 9.81. The number of hydrogen-bond donors (Lipinski definition) is 0. The van der Waals surface area contributed by atoms with Crippen molar-refractivity contribution in [2.24, 2.45) is 4.99 Å². The maximum absolute atomic E-state index is 5.54. The summed E-state index contributed by atoms with van der Waals surface area (Å²) in [5, 5.41) is 2.33. The summed E-state index contributed by atoms with van der Waals surface area (Å²) in [7, 11) is 0. The molecule has 4 heteroatoms. The van der Waals surface area contributed by atoms with Gasteiger partial charge in [0.05, 0.1) is 16.4 Å². The van der Waals surface area contributed by atoms with E-state index < -0.39 is 0 Å². The van der Waals surface area contributed by atoms with Gasteiger partial charge in [0.25, 0.3) is 0 Å². The van der Waals surface area contributed by atoms with Crippen LogP contribution in [0.5, 0.6) is 0 Å². The Balaban J connectivity index is 2.01. The minimum Gasteiger partial charge on any atom is -0.448 e. The molecule has 3 aromatic rings. The molecule has 0 aliphatic heterocycles. The molecule has 1 heterocycles. The number of hydrogen-bond acceptors (Lipinski definition) is 2. The first-order valence-electron chi connectivity index (χ1n) is 5.71. The zero-order chi connectivity index (χ0) is 13.2. The largest absolute Gasteiger partial charge is 0.448 e. The monoisotopic (exact) mass is 425 g/mol. The average molecular weight is 426 g/mol. The third kappa shape index (κ3) is 2.74. The van der Waals surface area contributed by atoms with Gasteiger partial charge in [0.2, 0.25) is 0 Å². The van der Waals surface area contributed by atoms with Gasteiger partial charge in [0.1, 0.15) is 5.76 Å². The van der Waals surface area contributed by atoms with Crippen LogP contribution in [0.15, 0.2) is 62.4 Å². The number of halogens is 2. The zero-order valence-corrected chi connectivity index (χ0v) is 13.6. The first kappa shape index (κ1) is 12.9. The minimum absolute atomic E-state index is 0.740. The van der Waals surface area contributed by atoms with Gasteiger partial charge in [-0.15, -0.1) is 0 Å². The van der Waals surface area contributed by atoms with Crippen LogP contribution >= 0.6 is 38.5 Å². The molecule has 0 aliphatic carbocycles. The third-order valence-corrected chi connectivity index (χ3v) is 4.89. The number of aliphatic imine (C=N–C) groups is 1. The standard InChI is InChI=1S/C15H9BrINO/c16-13-8-11(19-15(13)17)9-18-14-7-3-5-10-4-1-2-6-12(10)14/h1-9H. The highest BCUT2D eigenvalue weighted by atomic mass is 127. The molecule has 0 saturated carbocycles. The molecular formula is C15H9BrINO. The van der Waals surface area contributed by atoms with Crippen LogP contribution in [0.25, 0.3) is 10.8 Å². The number of rotatable bonds is 2. The Morgan fingerprint density at radius 3 is 2.68 bits per heavy atom. The Hall–Kier alpha value is -1.14. The van der Waals surface area contributed by atoms with Crippen LogP contribution in [-0.2, 0) is 0 Å². The lowest BCUT2D eigenvalue weighted by Gasteiger charge is -2.00. The smallest absolute Gasteiger partial charge is 0.178 e. The molecule has 94 valence electrons. The number of furan rings is 1. The first-order valence-corrected chi connectivity index (χ1v) is 7.58. The van der Waals surface area contributed by atoms with Gasteiger partial charge in [-0.05, 0) is 27.4 Å². The van der Waals surface area contributed by atoms with E-state index >= 15 is 0 Å². The lowest BCUT2D eigenvalue weighted by molar-refractivity contribution is 0.530. The predicted molar refractivity (Wildman–Crippen MR) is 90.3 cm³/mol. The second kappa shape index (κ2) is 5.46. The molecule has 2 aromatic carbocycles. The number of fused-ring (bicyclic) bond motifs is 1. The van der Waals surface area contributed by atoms with E-state index in [0.717, 1.165) is 25.1 Å². The maximum atomic E-state index is 5.54. The summed E-state index contributed by atoms with van der Waals surface area (Å²) >= 11 is 5.56. The van der Waals surface area contributed by atoms with Gasteiger partial charge < -0.3 is 4.42 Å². The van der Waals surface area contributed by atoms with Crippen LogP contribution in [0.3, 0.4) is 0 Å². The van der Waals surface area contributed by atoms with Crippen LogP contribution in [0.4, 0.5) is 5.69 Å². The Morgan fingerprint density at radius 1 is 1.11 bits per heavy atom. The van der Waals surface area contributed by atoms with E-state index in [1.807, 2.05) is 30.3 Å². The van der Waals surface area contributed by atoms with Crippen molar-refractivity contribution in [1.29, 1.82) is 0 Å². The van der Waals surface area contributed by atoms with Gasteiger partial charge in [0.15, 0.2) is 3.77 Å². The van der Waals surface area contributed by atoms with Crippen molar-refractivity contribution in [3.8, 4) is 0 Å². The van der Waals surface area contributed by atoms with Crippen LogP contribution < -0.4 is 0 Å². The van der Waals surface area contributed by atoms with E-state index in [9.17, 15) is 0 Å². The minimum atomic E-state index is 0.740. The molecule has 0 atom stereocenters. The molecule has 1 aromatic heterocycles. The highest BCUT2D eigenvalue weighted by molar-refractivity contribution is 14.1. The van der Waals surface area contributed by atoms with Gasteiger partial charge in [-0.3, -0.25) is 4.99 Å². The van der Waals surface area contributed by atoms with Crippen molar-refractivity contribution in [1.82, 2.24) is 0 Å². The fourth-order valence-electron chi connectivity index (χ4n) is 1.88. The maximum Gasteiger partial charge on any atom is 0.178 e.